The van der Waals surface area contributed by atoms with Gasteiger partial charge >= 0.3 is 0 Å². The summed E-state index contributed by atoms with van der Waals surface area (Å²) in [4.78, 5) is 11.1. The molecule has 0 radical (unpaired) electrons. The lowest BCUT2D eigenvalue weighted by molar-refractivity contribution is 0.111. The Morgan fingerprint density at radius 1 is 1.35 bits per heavy atom. The minimum Gasteiger partial charge on any atom is -0.488 e. The molecule has 0 heterocycles. The van der Waals surface area contributed by atoms with E-state index < -0.39 is 0 Å². The third kappa shape index (κ3) is 3.06. The third-order valence-electron chi connectivity index (χ3n) is 2.90. The van der Waals surface area contributed by atoms with Gasteiger partial charge in [-0.2, -0.15) is 5.26 Å². The van der Waals surface area contributed by atoms with Crippen LogP contribution in [0.15, 0.2) is 40.9 Å². The quantitative estimate of drug-likeness (QED) is 0.796. The number of aldehydes is 1. The average Bonchev–Trinajstić information content (AvgIpc) is 2.45. The second kappa shape index (κ2) is 6.36. The summed E-state index contributed by atoms with van der Waals surface area (Å²) in [5.41, 5.74) is 2.74. The van der Waals surface area contributed by atoms with Crippen LogP contribution in [0.5, 0.6) is 5.75 Å². The minimum atomic E-state index is 0.257. The van der Waals surface area contributed by atoms with E-state index in [-0.39, 0.29) is 6.61 Å². The predicted molar refractivity (Wildman–Crippen MR) is 79.8 cm³/mol. The van der Waals surface area contributed by atoms with Gasteiger partial charge in [-0.3, -0.25) is 4.79 Å². The maximum Gasteiger partial charge on any atom is 0.153 e. The smallest absolute Gasteiger partial charge is 0.153 e. The molecule has 2 rings (SSSR count). The van der Waals surface area contributed by atoms with E-state index in [9.17, 15) is 4.79 Å². The number of hydrogen-bond acceptors (Lipinski definition) is 3. The molecule has 0 saturated carbocycles. The summed E-state index contributed by atoms with van der Waals surface area (Å²) in [5.74, 6) is 0.552. The van der Waals surface area contributed by atoms with Crippen molar-refractivity contribution in [3.8, 4) is 11.8 Å². The molecule has 0 aliphatic heterocycles. The monoisotopic (exact) mass is 329 g/mol. The zero-order chi connectivity index (χ0) is 14.5. The summed E-state index contributed by atoms with van der Waals surface area (Å²) in [5, 5.41) is 9.04. The highest BCUT2D eigenvalue weighted by Crippen LogP contribution is 2.27. The molecule has 2 aromatic rings. The fourth-order valence-corrected chi connectivity index (χ4v) is 2.54. The van der Waals surface area contributed by atoms with Gasteiger partial charge in [0, 0.05) is 10.0 Å². The van der Waals surface area contributed by atoms with E-state index >= 15 is 0 Å². The van der Waals surface area contributed by atoms with Gasteiger partial charge in [-0.05, 0) is 30.7 Å². The van der Waals surface area contributed by atoms with Crippen molar-refractivity contribution in [3.63, 3.8) is 0 Å². The number of carbonyl (C=O) groups is 1. The highest BCUT2D eigenvalue weighted by molar-refractivity contribution is 9.10. The first kappa shape index (κ1) is 14.3. The van der Waals surface area contributed by atoms with E-state index in [1.165, 1.54) is 0 Å². The van der Waals surface area contributed by atoms with E-state index in [2.05, 4.69) is 22.0 Å². The van der Waals surface area contributed by atoms with Crippen molar-refractivity contribution in [1.29, 1.82) is 5.26 Å². The van der Waals surface area contributed by atoms with Gasteiger partial charge in [-0.1, -0.05) is 34.1 Å². The number of benzene rings is 2. The lowest BCUT2D eigenvalue weighted by Crippen LogP contribution is -2.02. The van der Waals surface area contributed by atoms with Crippen molar-refractivity contribution >= 4 is 22.2 Å². The summed E-state index contributed by atoms with van der Waals surface area (Å²) in [7, 11) is 0. The van der Waals surface area contributed by atoms with Crippen LogP contribution < -0.4 is 4.74 Å². The van der Waals surface area contributed by atoms with Crippen LogP contribution in [0.4, 0.5) is 0 Å². The predicted octanol–water partition coefficient (Wildman–Crippen LogP) is 4.02. The average molecular weight is 330 g/mol. The molecule has 0 saturated heterocycles. The van der Waals surface area contributed by atoms with Gasteiger partial charge < -0.3 is 4.74 Å². The van der Waals surface area contributed by atoms with Crippen molar-refractivity contribution in [1.82, 2.24) is 0 Å². The number of nitrogens with zero attached hydrogens (tertiary/aromatic N) is 1. The number of ether oxygens (including phenoxy) is 1. The second-order valence-corrected chi connectivity index (χ2v) is 5.23. The standard InChI is InChI=1S/C16H12BrNO2/c1-11-6-15(17)7-14(9-19)16(11)20-10-13-5-3-2-4-12(13)8-18/h2-7,9H,10H2,1H3. The lowest BCUT2D eigenvalue weighted by atomic mass is 10.1. The normalized spacial score (nSPS) is 9.85. The molecule has 0 aliphatic rings. The summed E-state index contributed by atoms with van der Waals surface area (Å²) in [6.45, 7) is 2.14. The molecule has 0 aliphatic carbocycles. The van der Waals surface area contributed by atoms with Crippen molar-refractivity contribution in [2.75, 3.05) is 0 Å². The minimum absolute atomic E-state index is 0.257. The van der Waals surface area contributed by atoms with Crippen LogP contribution in [-0.2, 0) is 6.61 Å². The maximum atomic E-state index is 11.1. The molecule has 0 aromatic heterocycles. The zero-order valence-electron chi connectivity index (χ0n) is 10.9. The molecular formula is C16H12BrNO2. The molecule has 0 bridgehead atoms. The van der Waals surface area contributed by atoms with Crippen LogP contribution in [0.2, 0.25) is 0 Å². The number of halogens is 1. The largest absolute Gasteiger partial charge is 0.488 e. The number of aryl methyl sites for hydroxylation is 1. The van der Waals surface area contributed by atoms with Crippen molar-refractivity contribution < 1.29 is 9.53 Å². The van der Waals surface area contributed by atoms with Crippen molar-refractivity contribution in [2.24, 2.45) is 0 Å². The molecule has 4 heteroatoms. The van der Waals surface area contributed by atoms with Gasteiger partial charge in [0.1, 0.15) is 12.4 Å². The molecule has 0 fully saturated rings. The van der Waals surface area contributed by atoms with Gasteiger partial charge in [0.15, 0.2) is 6.29 Å². The fourth-order valence-electron chi connectivity index (χ4n) is 1.95. The Hall–Kier alpha value is -2.12. The Morgan fingerprint density at radius 3 is 2.80 bits per heavy atom. The lowest BCUT2D eigenvalue weighted by Gasteiger charge is -2.12. The number of rotatable bonds is 4. The van der Waals surface area contributed by atoms with E-state index in [4.69, 9.17) is 10.00 Å². The molecule has 3 nitrogen and oxygen atoms in total. The van der Waals surface area contributed by atoms with Crippen molar-refractivity contribution in [2.45, 2.75) is 13.5 Å². The Morgan fingerprint density at radius 2 is 2.10 bits per heavy atom. The highest BCUT2D eigenvalue weighted by atomic mass is 79.9. The maximum absolute atomic E-state index is 11.1. The Labute approximate surface area is 125 Å². The van der Waals surface area contributed by atoms with Crippen LogP contribution in [0, 0.1) is 18.3 Å². The number of hydrogen-bond donors (Lipinski definition) is 0. The van der Waals surface area contributed by atoms with Gasteiger partial charge in [-0.15, -0.1) is 0 Å². The molecule has 0 atom stereocenters. The van der Waals surface area contributed by atoms with Crippen LogP contribution >= 0.6 is 15.9 Å². The van der Waals surface area contributed by atoms with Gasteiger partial charge in [-0.25, -0.2) is 0 Å². The highest BCUT2D eigenvalue weighted by Gasteiger charge is 2.10. The number of nitriles is 1. The summed E-state index contributed by atoms with van der Waals surface area (Å²) < 4.78 is 6.57. The van der Waals surface area contributed by atoms with Crippen molar-refractivity contribution in [3.05, 3.63) is 63.1 Å². The molecular weight excluding hydrogens is 318 g/mol. The first-order chi connectivity index (χ1) is 9.65. The molecule has 20 heavy (non-hydrogen) atoms. The van der Waals surface area contributed by atoms with Crippen LogP contribution in [0.1, 0.15) is 27.0 Å². The molecule has 100 valence electrons. The topological polar surface area (TPSA) is 50.1 Å². The Kier molecular flexibility index (Phi) is 4.54. The first-order valence-corrected chi connectivity index (χ1v) is 6.81. The molecule has 0 amide bonds. The third-order valence-corrected chi connectivity index (χ3v) is 3.36. The van der Waals surface area contributed by atoms with Gasteiger partial charge in [0.2, 0.25) is 0 Å². The van der Waals surface area contributed by atoms with E-state index in [1.807, 2.05) is 31.2 Å². The second-order valence-electron chi connectivity index (χ2n) is 4.32. The van der Waals surface area contributed by atoms with Crippen LogP contribution in [0.25, 0.3) is 0 Å². The zero-order valence-corrected chi connectivity index (χ0v) is 12.5. The van der Waals surface area contributed by atoms with E-state index in [1.54, 1.807) is 12.1 Å². The van der Waals surface area contributed by atoms with E-state index in [0.29, 0.717) is 16.9 Å². The first-order valence-electron chi connectivity index (χ1n) is 6.02. The molecule has 0 spiro atoms. The Bertz CT molecular complexity index is 689. The number of carbonyl (C=O) groups excluding carboxylic acids is 1. The summed E-state index contributed by atoms with van der Waals surface area (Å²) >= 11 is 3.35. The Balaban J connectivity index is 2.28. The summed E-state index contributed by atoms with van der Waals surface area (Å²) in [6.07, 6.45) is 0.767. The van der Waals surface area contributed by atoms with Crippen LogP contribution in [-0.4, -0.2) is 6.29 Å². The molecule has 0 unspecified atom stereocenters. The van der Waals surface area contributed by atoms with E-state index in [0.717, 1.165) is 21.9 Å². The summed E-state index contributed by atoms with van der Waals surface area (Å²) in [6, 6.07) is 13.0. The molecule has 2 aromatic carbocycles. The fraction of sp³-hybridized carbons (Fsp3) is 0.125. The SMILES string of the molecule is Cc1cc(Br)cc(C=O)c1OCc1ccccc1C#N. The van der Waals surface area contributed by atoms with Gasteiger partial charge in [0.25, 0.3) is 0 Å². The molecule has 0 N–H and O–H groups in total. The van der Waals surface area contributed by atoms with Gasteiger partial charge in [0.05, 0.1) is 17.2 Å². The van der Waals surface area contributed by atoms with Crippen LogP contribution in [0.3, 0.4) is 0 Å².